The smallest absolute Gasteiger partial charge is 0.243 e. The Morgan fingerprint density at radius 3 is 1.28 bits per heavy atom. The van der Waals surface area contributed by atoms with Crippen LogP contribution in [0, 0.1) is 17.8 Å². The fourth-order valence-corrected chi connectivity index (χ4v) is 6.67. The van der Waals surface area contributed by atoms with Gasteiger partial charge in [-0.15, -0.1) is 0 Å². The molecule has 0 aliphatic heterocycles. The number of hydrogen-bond donors (Lipinski definition) is 14. The second kappa shape index (κ2) is 32.5. The average Bonchev–Trinajstić information content (AvgIpc) is 3.23. The first-order valence-electron chi connectivity index (χ1n) is 22.8. The molecule has 0 fully saturated rings. The van der Waals surface area contributed by atoms with Crippen LogP contribution in [0.4, 0.5) is 0 Å². The molecule has 0 aliphatic rings. The van der Waals surface area contributed by atoms with Crippen molar-refractivity contribution in [2.75, 3.05) is 26.2 Å². The van der Waals surface area contributed by atoms with Crippen molar-refractivity contribution < 1.29 is 43.5 Å². The van der Waals surface area contributed by atoms with Crippen molar-refractivity contribution in [3.05, 3.63) is 0 Å². The van der Waals surface area contributed by atoms with Crippen molar-refractivity contribution in [2.24, 2.45) is 57.1 Å². The predicted molar refractivity (Wildman–Crippen MR) is 248 cm³/mol. The van der Waals surface area contributed by atoms with Gasteiger partial charge >= 0.3 is 0 Å². The molecule has 0 aromatic carbocycles. The third kappa shape index (κ3) is 24.7. The third-order valence-electron chi connectivity index (χ3n) is 10.5. The van der Waals surface area contributed by atoms with Gasteiger partial charge in [-0.2, -0.15) is 0 Å². The van der Waals surface area contributed by atoms with Gasteiger partial charge in [0.05, 0.1) is 12.6 Å². The highest BCUT2D eigenvalue weighted by molar-refractivity contribution is 5.97. The summed E-state index contributed by atoms with van der Waals surface area (Å²) in [6.45, 7) is 12.6. The van der Waals surface area contributed by atoms with Gasteiger partial charge in [-0.3, -0.25) is 43.3 Å². The van der Waals surface area contributed by atoms with Gasteiger partial charge in [0, 0.05) is 6.54 Å². The molecule has 374 valence electrons. The minimum absolute atomic E-state index is 0.00482. The zero-order valence-electron chi connectivity index (χ0n) is 39.6. The van der Waals surface area contributed by atoms with Crippen molar-refractivity contribution in [3.63, 3.8) is 0 Å². The molecule has 0 unspecified atom stereocenters. The highest BCUT2D eigenvalue weighted by atomic mass is 16.3. The summed E-state index contributed by atoms with van der Waals surface area (Å²) in [5, 5.41) is 28.7. The fourth-order valence-electron chi connectivity index (χ4n) is 6.67. The van der Waals surface area contributed by atoms with E-state index in [0.717, 1.165) is 0 Å². The van der Waals surface area contributed by atoms with Gasteiger partial charge in [-0.25, -0.2) is 0 Å². The van der Waals surface area contributed by atoms with Crippen molar-refractivity contribution in [1.82, 2.24) is 37.2 Å². The molecule has 9 atom stereocenters. The summed E-state index contributed by atoms with van der Waals surface area (Å²) in [5.74, 6) is -6.58. The van der Waals surface area contributed by atoms with E-state index >= 15 is 0 Å². The number of aliphatic hydroxyl groups is 1. The lowest BCUT2D eigenvalue weighted by Gasteiger charge is -2.30. The summed E-state index contributed by atoms with van der Waals surface area (Å²) in [4.78, 5) is 111. The van der Waals surface area contributed by atoms with E-state index in [1.807, 2.05) is 27.7 Å². The highest BCUT2D eigenvalue weighted by Gasteiger charge is 2.36. The number of hydrogen-bond acceptors (Lipinski definition) is 13. The summed E-state index contributed by atoms with van der Waals surface area (Å²) >= 11 is 0. The van der Waals surface area contributed by atoms with Crippen molar-refractivity contribution >= 4 is 53.2 Å². The van der Waals surface area contributed by atoms with Crippen LogP contribution >= 0.6 is 0 Å². The van der Waals surface area contributed by atoms with Crippen LogP contribution in [0.5, 0.6) is 0 Å². The Labute approximate surface area is 384 Å². The second-order valence-corrected chi connectivity index (χ2v) is 17.3. The SMILES string of the molecule is CC[C@H](C)[C@H](NC(=O)[C@H](CCCN=C(N)N)NC(=O)[C@H](CCCCN)NC(=O)[C@H](CC(C)C)NC(=O)[C@H](CC(C)C)NC(=O)CN)C(=O)N[C@@H](CCCCN)C(=O)N[C@H](C(N)=O)[C@@H](C)O. The molecule has 0 radical (unpaired) electrons. The molecule has 0 aliphatic carbocycles. The number of nitrogens with one attached hydrogen (secondary N) is 7. The Morgan fingerprint density at radius 2 is 0.892 bits per heavy atom. The highest BCUT2D eigenvalue weighted by Crippen LogP contribution is 2.14. The molecule has 0 aromatic rings. The van der Waals surface area contributed by atoms with Gasteiger partial charge in [0.1, 0.15) is 42.3 Å². The van der Waals surface area contributed by atoms with Crippen LogP contribution in [-0.4, -0.2) is 133 Å². The molecule has 20 N–H and O–H groups in total. The zero-order valence-corrected chi connectivity index (χ0v) is 39.6. The maximum Gasteiger partial charge on any atom is 0.243 e. The van der Waals surface area contributed by atoms with Gasteiger partial charge in [-0.1, -0.05) is 48.0 Å². The first kappa shape index (κ1) is 59.9. The summed E-state index contributed by atoms with van der Waals surface area (Å²) < 4.78 is 0. The van der Waals surface area contributed by atoms with Crippen LogP contribution in [0.1, 0.15) is 119 Å². The summed E-state index contributed by atoms with van der Waals surface area (Å²) in [6, 6.07) is -8.45. The number of nitrogens with zero attached hydrogens (tertiary/aromatic N) is 1. The van der Waals surface area contributed by atoms with Crippen LogP contribution in [0.15, 0.2) is 4.99 Å². The number of carbonyl (C=O) groups excluding carboxylic acids is 8. The number of amides is 8. The van der Waals surface area contributed by atoms with Gasteiger partial charge < -0.3 is 76.7 Å². The Kier molecular flexibility index (Phi) is 29.9. The largest absolute Gasteiger partial charge is 0.391 e. The Balaban J connectivity index is 6.77. The van der Waals surface area contributed by atoms with E-state index in [0.29, 0.717) is 45.2 Å². The number of guanidine groups is 1. The molecular weight excluding hydrogens is 845 g/mol. The average molecular weight is 927 g/mol. The lowest BCUT2D eigenvalue weighted by Crippen LogP contribution is -2.61. The van der Waals surface area contributed by atoms with E-state index in [9.17, 15) is 43.5 Å². The van der Waals surface area contributed by atoms with E-state index in [1.54, 1.807) is 13.8 Å². The van der Waals surface area contributed by atoms with Crippen LogP contribution in [0.25, 0.3) is 0 Å². The minimum atomic E-state index is -1.44. The normalized spacial score (nSPS) is 15.4. The van der Waals surface area contributed by atoms with Crippen molar-refractivity contribution in [1.29, 1.82) is 0 Å². The molecular formula is C42H82N14O9. The Bertz CT molecular complexity index is 1540. The number of aliphatic hydroxyl groups excluding tert-OH is 1. The van der Waals surface area contributed by atoms with Crippen LogP contribution in [-0.2, 0) is 38.4 Å². The first-order valence-corrected chi connectivity index (χ1v) is 22.8. The van der Waals surface area contributed by atoms with E-state index in [1.165, 1.54) is 6.92 Å². The molecule has 0 bridgehead atoms. The molecule has 0 heterocycles. The van der Waals surface area contributed by atoms with Crippen molar-refractivity contribution in [2.45, 2.75) is 167 Å². The molecule has 0 saturated heterocycles. The van der Waals surface area contributed by atoms with Gasteiger partial charge in [0.2, 0.25) is 47.3 Å². The summed E-state index contributed by atoms with van der Waals surface area (Å²) in [7, 11) is 0. The zero-order chi connectivity index (χ0) is 49.8. The molecule has 0 saturated carbocycles. The van der Waals surface area contributed by atoms with E-state index in [-0.39, 0.29) is 69.4 Å². The minimum Gasteiger partial charge on any atom is -0.391 e. The van der Waals surface area contributed by atoms with Gasteiger partial charge in [0.15, 0.2) is 5.96 Å². The molecule has 0 spiro atoms. The number of carbonyl (C=O) groups is 8. The van der Waals surface area contributed by atoms with E-state index in [4.69, 9.17) is 34.4 Å². The number of nitrogens with two attached hydrogens (primary N) is 6. The summed E-state index contributed by atoms with van der Waals surface area (Å²) in [5.41, 5.74) is 33.3. The Morgan fingerprint density at radius 1 is 0.508 bits per heavy atom. The fraction of sp³-hybridized carbons (Fsp3) is 0.786. The first-order chi connectivity index (χ1) is 30.5. The maximum absolute atomic E-state index is 14.2. The molecule has 23 nitrogen and oxygen atoms in total. The standard InChI is InChI=1S/C42H82N14O9/c1-8-25(6)33(41(65)53-28(15-10-12-18-44)38(62)56-34(26(7)57)35(46)59)55-37(61)29(16-13-19-49-42(47)48)51-36(60)27(14-9-11-17-43)52-40(64)31(21-24(4)5)54-39(63)30(20-23(2)3)50-32(58)22-45/h23-31,33-34,57H,8-22,43-45H2,1-7H3,(H2,46,59)(H,50,58)(H,51,60)(H,52,64)(H,53,65)(H,54,63)(H,55,61)(H,56,62)(H4,47,48,49)/t25-,26+,27-,28-,29-,30-,31-,33-,34-/m0/s1. The van der Waals surface area contributed by atoms with Gasteiger partial charge in [0.25, 0.3) is 0 Å². The summed E-state index contributed by atoms with van der Waals surface area (Å²) in [6.07, 6.45) is 1.77. The van der Waals surface area contributed by atoms with Crippen LogP contribution in [0.3, 0.4) is 0 Å². The molecule has 65 heavy (non-hydrogen) atoms. The molecule has 23 heteroatoms. The predicted octanol–water partition coefficient (Wildman–Crippen LogP) is -3.35. The number of primary amides is 1. The molecule has 0 rings (SSSR count). The lowest BCUT2D eigenvalue weighted by atomic mass is 9.96. The maximum atomic E-state index is 14.2. The molecule has 8 amide bonds. The Hall–Kier alpha value is -5.13. The number of unbranched alkanes of at least 4 members (excludes halogenated alkanes) is 2. The third-order valence-corrected chi connectivity index (χ3v) is 10.5. The molecule has 0 aromatic heterocycles. The van der Waals surface area contributed by atoms with E-state index in [2.05, 4.69) is 42.2 Å². The van der Waals surface area contributed by atoms with Crippen LogP contribution in [0.2, 0.25) is 0 Å². The topological polar surface area (TPSA) is 409 Å². The monoisotopic (exact) mass is 927 g/mol. The number of rotatable bonds is 34. The van der Waals surface area contributed by atoms with E-state index < -0.39 is 102 Å². The van der Waals surface area contributed by atoms with Gasteiger partial charge in [-0.05, 0) is 102 Å². The lowest BCUT2D eigenvalue weighted by molar-refractivity contribution is -0.136. The number of aliphatic imine (C=N–C) groups is 1. The van der Waals surface area contributed by atoms with Crippen molar-refractivity contribution in [3.8, 4) is 0 Å². The second-order valence-electron chi connectivity index (χ2n) is 17.3. The van der Waals surface area contributed by atoms with Crippen LogP contribution < -0.4 is 71.6 Å². The quantitative estimate of drug-likeness (QED) is 0.0171.